The molecule has 0 saturated heterocycles. The number of hydrogen-bond donors (Lipinski definition) is 3. The van der Waals surface area contributed by atoms with Gasteiger partial charge in [-0.3, -0.25) is 4.79 Å². The highest BCUT2D eigenvalue weighted by atomic mass is 16.7. The number of carbonyl (C=O) groups excluding carboxylic acids is 1. The Morgan fingerprint density at radius 2 is 1.43 bits per heavy atom. The maximum atomic E-state index is 12.7. The molecule has 0 aromatic rings. The lowest BCUT2D eigenvalue weighted by atomic mass is 9.44. The van der Waals surface area contributed by atoms with Gasteiger partial charge in [-0.2, -0.15) is 0 Å². The van der Waals surface area contributed by atoms with Crippen molar-refractivity contribution >= 4 is 12.1 Å². The number of aliphatic carboxylic acids is 1. The second kappa shape index (κ2) is 19.3. The zero-order valence-corrected chi connectivity index (χ0v) is 32.1. The minimum atomic E-state index is -1.36. The van der Waals surface area contributed by atoms with Gasteiger partial charge in [-0.1, -0.05) is 97.6 Å². The van der Waals surface area contributed by atoms with E-state index in [0.717, 1.165) is 43.9 Å². The predicted molar refractivity (Wildman–Crippen MR) is 200 cm³/mol. The van der Waals surface area contributed by atoms with Crippen LogP contribution in [-0.4, -0.2) is 34.6 Å². The minimum Gasteiger partial charge on any atom is -0.481 e. The van der Waals surface area contributed by atoms with E-state index >= 15 is 0 Å². The van der Waals surface area contributed by atoms with Crippen LogP contribution in [0.2, 0.25) is 0 Å². The van der Waals surface area contributed by atoms with Crippen molar-refractivity contribution in [2.24, 2.45) is 46.3 Å². The molecule has 9 atom stereocenters. The number of alkyl carbamates (subject to hydrolysis) is 1. The molecule has 0 radical (unpaired) electrons. The van der Waals surface area contributed by atoms with Crippen molar-refractivity contribution in [3.05, 3.63) is 12.2 Å². The van der Waals surface area contributed by atoms with Crippen molar-refractivity contribution in [1.82, 2.24) is 5.32 Å². The summed E-state index contributed by atoms with van der Waals surface area (Å²) in [5.74, 6) is 1.57. The van der Waals surface area contributed by atoms with Gasteiger partial charge in [-0.25, -0.2) is 4.79 Å². The molecule has 0 spiro atoms. The molecule has 0 aromatic carbocycles. The van der Waals surface area contributed by atoms with Crippen LogP contribution in [0.15, 0.2) is 12.2 Å². The first kappa shape index (κ1) is 40.2. The third-order valence-corrected chi connectivity index (χ3v) is 14.5. The van der Waals surface area contributed by atoms with Crippen LogP contribution >= 0.6 is 0 Å². The van der Waals surface area contributed by atoms with Crippen molar-refractivity contribution in [2.75, 3.05) is 6.54 Å². The fraction of sp³-hybridized carbons (Fsp3) is 0.907. The van der Waals surface area contributed by atoms with Gasteiger partial charge in [0, 0.05) is 25.8 Å². The Bertz CT molecular complexity index is 1050. The zero-order valence-electron chi connectivity index (χ0n) is 32.1. The first-order valence-electron chi connectivity index (χ1n) is 21.1. The lowest BCUT2D eigenvalue weighted by Crippen LogP contribution is -2.57. The average molecular weight is 686 g/mol. The van der Waals surface area contributed by atoms with Crippen LogP contribution in [0.25, 0.3) is 0 Å². The number of carbonyl (C=O) groups is 2. The number of ether oxygens (including phenoxy) is 1. The monoisotopic (exact) mass is 686 g/mol. The molecule has 4 saturated carbocycles. The Morgan fingerprint density at radius 3 is 2.10 bits per heavy atom. The third kappa shape index (κ3) is 11.0. The molecule has 282 valence electrons. The average Bonchev–Trinajstić information content (AvgIpc) is 3.42. The van der Waals surface area contributed by atoms with Gasteiger partial charge in [-0.15, -0.1) is 0 Å². The topological polar surface area (TPSA) is 95.9 Å². The number of allylic oxidation sites excluding steroid dienone is 2. The van der Waals surface area contributed by atoms with Gasteiger partial charge in [0.25, 0.3) is 0 Å². The van der Waals surface area contributed by atoms with E-state index in [1.807, 2.05) is 0 Å². The summed E-state index contributed by atoms with van der Waals surface area (Å²) in [6.45, 7) is 10.2. The summed E-state index contributed by atoms with van der Waals surface area (Å²) in [7, 11) is 0. The SMILES string of the molecule is CCCCCCCC/C=C/CCCCCCCCNC(=O)O[C@@]1(O)CC[C@@]2(C)[C@H](CC[C@@H]3[C@@H]2CC[C@]2(C)[C@@H]([C@H](C)CCC(=O)O)CC[C@@H]32)C1. The fourth-order valence-electron chi connectivity index (χ4n) is 11.6. The molecule has 49 heavy (non-hydrogen) atoms. The van der Waals surface area contributed by atoms with Crippen molar-refractivity contribution in [2.45, 2.75) is 194 Å². The summed E-state index contributed by atoms with van der Waals surface area (Å²) in [5.41, 5.74) is 0.510. The summed E-state index contributed by atoms with van der Waals surface area (Å²) in [6, 6.07) is 0. The molecule has 0 heterocycles. The first-order valence-corrected chi connectivity index (χ1v) is 21.1. The van der Waals surface area contributed by atoms with Gasteiger partial charge in [0.05, 0.1) is 0 Å². The van der Waals surface area contributed by atoms with Crippen LogP contribution in [0, 0.1) is 46.3 Å². The van der Waals surface area contributed by atoms with Crippen LogP contribution in [-0.2, 0) is 9.53 Å². The van der Waals surface area contributed by atoms with Gasteiger partial charge in [0.15, 0.2) is 0 Å². The fourth-order valence-corrected chi connectivity index (χ4v) is 11.6. The molecule has 0 aromatic heterocycles. The molecule has 0 aliphatic heterocycles. The number of carboxylic acid groups (broad SMARTS) is 1. The Labute approximate surface area is 300 Å². The van der Waals surface area contributed by atoms with Gasteiger partial charge >= 0.3 is 12.1 Å². The minimum absolute atomic E-state index is 0.188. The highest BCUT2D eigenvalue weighted by Crippen LogP contribution is 2.69. The standard InChI is InChI=1S/C43H75NO5/c1-5-6-7-8-9-10-11-12-13-14-15-16-17-18-19-20-31-44-40(47)49-43(48)30-29-41(3)34(32-43)22-23-35-37-25-24-36(33(2)21-26-39(45)46)42(37,4)28-27-38(35)41/h12-13,33-38,48H,5-11,14-32H2,1-4H3,(H,44,47)(H,45,46)/b13-12+/t33-,34-,35+,36-,37+,38+,41+,42-,43+/m1/s1. The molecule has 6 nitrogen and oxygen atoms in total. The number of amides is 1. The van der Waals surface area contributed by atoms with E-state index in [2.05, 4.69) is 45.2 Å². The van der Waals surface area contributed by atoms with Crippen molar-refractivity contribution in [3.63, 3.8) is 0 Å². The molecule has 6 heteroatoms. The highest BCUT2D eigenvalue weighted by molar-refractivity contribution is 5.67. The normalized spacial score (nSPS) is 34.6. The number of aliphatic hydroxyl groups is 1. The number of fused-ring (bicyclic) bond motifs is 5. The van der Waals surface area contributed by atoms with E-state index < -0.39 is 17.8 Å². The lowest BCUT2D eigenvalue weighted by molar-refractivity contribution is -0.232. The third-order valence-electron chi connectivity index (χ3n) is 14.5. The van der Waals surface area contributed by atoms with Crippen molar-refractivity contribution in [1.29, 1.82) is 0 Å². The van der Waals surface area contributed by atoms with Crippen LogP contribution in [0.4, 0.5) is 4.79 Å². The molecule has 4 rings (SSSR count). The quantitative estimate of drug-likeness (QED) is 0.0635. The molecule has 4 fully saturated rings. The summed E-state index contributed by atoms with van der Waals surface area (Å²) in [6.07, 6.45) is 32.4. The first-order chi connectivity index (χ1) is 23.5. The van der Waals surface area contributed by atoms with Gasteiger partial charge in [0.2, 0.25) is 5.79 Å². The molecule has 1 amide bonds. The molecular weight excluding hydrogens is 610 g/mol. The Balaban J connectivity index is 1.09. The molecular formula is C43H75NO5. The van der Waals surface area contributed by atoms with E-state index in [9.17, 15) is 19.8 Å². The Morgan fingerprint density at radius 1 is 0.796 bits per heavy atom. The second-order valence-corrected chi connectivity index (χ2v) is 17.7. The van der Waals surface area contributed by atoms with Crippen molar-refractivity contribution in [3.8, 4) is 0 Å². The van der Waals surface area contributed by atoms with Crippen LogP contribution in [0.3, 0.4) is 0 Å². The van der Waals surface area contributed by atoms with E-state index in [4.69, 9.17) is 4.74 Å². The van der Waals surface area contributed by atoms with E-state index in [1.165, 1.54) is 109 Å². The number of nitrogens with one attached hydrogen (secondary N) is 1. The maximum Gasteiger partial charge on any atom is 0.409 e. The number of carboxylic acids is 1. The zero-order chi connectivity index (χ0) is 35.3. The highest BCUT2D eigenvalue weighted by Gasteiger charge is 2.62. The Kier molecular flexibility index (Phi) is 15.9. The predicted octanol–water partition coefficient (Wildman–Crippen LogP) is 11.6. The Hall–Kier alpha value is -1.56. The van der Waals surface area contributed by atoms with Crippen LogP contribution < -0.4 is 5.32 Å². The number of unbranched alkanes of at least 4 members (excludes halogenated alkanes) is 12. The molecule has 0 bridgehead atoms. The van der Waals surface area contributed by atoms with E-state index in [-0.39, 0.29) is 11.8 Å². The smallest absolute Gasteiger partial charge is 0.409 e. The number of hydrogen-bond acceptors (Lipinski definition) is 4. The van der Waals surface area contributed by atoms with E-state index in [0.29, 0.717) is 48.5 Å². The van der Waals surface area contributed by atoms with Crippen LogP contribution in [0.5, 0.6) is 0 Å². The van der Waals surface area contributed by atoms with Crippen molar-refractivity contribution < 1.29 is 24.5 Å². The molecule has 4 aliphatic carbocycles. The summed E-state index contributed by atoms with van der Waals surface area (Å²) < 4.78 is 5.76. The summed E-state index contributed by atoms with van der Waals surface area (Å²) >= 11 is 0. The molecule has 3 N–H and O–H groups in total. The van der Waals surface area contributed by atoms with Gasteiger partial charge in [0.1, 0.15) is 0 Å². The van der Waals surface area contributed by atoms with E-state index in [1.54, 1.807) is 0 Å². The van der Waals surface area contributed by atoms with Gasteiger partial charge in [-0.05, 0) is 130 Å². The lowest BCUT2D eigenvalue weighted by Gasteiger charge is -2.62. The van der Waals surface area contributed by atoms with Gasteiger partial charge < -0.3 is 20.3 Å². The largest absolute Gasteiger partial charge is 0.481 e. The maximum absolute atomic E-state index is 12.7. The van der Waals surface area contributed by atoms with Crippen LogP contribution in [0.1, 0.15) is 188 Å². The molecule has 4 aliphatic rings. The molecule has 0 unspecified atom stereocenters. The summed E-state index contributed by atoms with van der Waals surface area (Å²) in [5, 5.41) is 23.7. The second-order valence-electron chi connectivity index (χ2n) is 17.7. The number of rotatable bonds is 21. The summed E-state index contributed by atoms with van der Waals surface area (Å²) in [4.78, 5) is 24.0.